The number of aromatic nitrogens is 2. The first kappa shape index (κ1) is 10.6. The van der Waals surface area contributed by atoms with Gasteiger partial charge in [0.25, 0.3) is 0 Å². The van der Waals surface area contributed by atoms with Gasteiger partial charge in [-0.2, -0.15) is 0 Å². The van der Waals surface area contributed by atoms with Gasteiger partial charge in [-0.1, -0.05) is 13.8 Å². The lowest BCUT2D eigenvalue weighted by molar-refractivity contribution is -0.118. The van der Waals surface area contributed by atoms with E-state index in [1.54, 1.807) is 19.2 Å². The maximum absolute atomic E-state index is 11.3. The summed E-state index contributed by atoms with van der Waals surface area (Å²) in [6.07, 6.45) is 3.10. The Hall–Kier alpha value is -1.45. The smallest absolute Gasteiger partial charge is 0.152 e. The molecule has 14 heavy (non-hydrogen) atoms. The number of carbonyl (C=O) groups excluding carboxylic acids is 1. The van der Waals surface area contributed by atoms with Crippen LogP contribution in [-0.2, 0) is 4.79 Å². The molecule has 0 spiro atoms. The lowest BCUT2D eigenvalue weighted by Crippen LogP contribution is -2.33. The minimum absolute atomic E-state index is 0.124. The van der Waals surface area contributed by atoms with E-state index in [2.05, 4.69) is 15.3 Å². The molecule has 1 heterocycles. The zero-order chi connectivity index (χ0) is 10.6. The van der Waals surface area contributed by atoms with Crippen molar-refractivity contribution in [3.8, 4) is 0 Å². The van der Waals surface area contributed by atoms with Crippen LogP contribution in [-0.4, -0.2) is 21.8 Å². The standard InChI is InChI=1S/C10H15N3O/c1-7(2)10(8(3)14)13-9-4-5-11-6-12-9/h4-7,10H,1-3H3,(H,11,12,13)/t10-/m0/s1. The quantitative estimate of drug-likeness (QED) is 0.787. The minimum Gasteiger partial charge on any atom is -0.360 e. The molecular formula is C10H15N3O. The monoisotopic (exact) mass is 193 g/mol. The van der Waals surface area contributed by atoms with Crippen LogP contribution in [0.4, 0.5) is 5.82 Å². The van der Waals surface area contributed by atoms with Gasteiger partial charge in [-0.3, -0.25) is 4.79 Å². The molecule has 4 nitrogen and oxygen atoms in total. The number of carbonyl (C=O) groups is 1. The molecule has 0 amide bonds. The highest BCUT2D eigenvalue weighted by atomic mass is 16.1. The molecule has 0 aliphatic rings. The summed E-state index contributed by atoms with van der Waals surface area (Å²) in [5, 5.41) is 3.08. The molecule has 0 unspecified atom stereocenters. The summed E-state index contributed by atoms with van der Waals surface area (Å²) >= 11 is 0. The van der Waals surface area contributed by atoms with E-state index >= 15 is 0 Å². The van der Waals surface area contributed by atoms with Gasteiger partial charge in [-0.25, -0.2) is 9.97 Å². The van der Waals surface area contributed by atoms with E-state index in [9.17, 15) is 4.79 Å². The Balaban J connectivity index is 2.70. The molecule has 1 aromatic heterocycles. The Kier molecular flexibility index (Phi) is 3.56. The Morgan fingerprint density at radius 2 is 2.21 bits per heavy atom. The van der Waals surface area contributed by atoms with Crippen molar-refractivity contribution in [1.29, 1.82) is 0 Å². The van der Waals surface area contributed by atoms with Gasteiger partial charge in [0, 0.05) is 6.20 Å². The van der Waals surface area contributed by atoms with Gasteiger partial charge in [0.05, 0.1) is 6.04 Å². The average Bonchev–Trinajstić information content (AvgIpc) is 2.15. The summed E-state index contributed by atoms with van der Waals surface area (Å²) in [5.41, 5.74) is 0. The van der Waals surface area contributed by atoms with Crippen LogP contribution < -0.4 is 5.32 Å². The fraction of sp³-hybridized carbons (Fsp3) is 0.500. The van der Waals surface area contributed by atoms with Crippen LogP contribution in [0.2, 0.25) is 0 Å². The summed E-state index contributed by atoms with van der Waals surface area (Å²) in [5.74, 6) is 1.06. The maximum Gasteiger partial charge on any atom is 0.152 e. The van der Waals surface area contributed by atoms with Crippen LogP contribution in [0.25, 0.3) is 0 Å². The highest BCUT2D eigenvalue weighted by Gasteiger charge is 2.17. The Bertz CT molecular complexity index is 297. The molecule has 1 N–H and O–H groups in total. The van der Waals surface area contributed by atoms with E-state index < -0.39 is 0 Å². The van der Waals surface area contributed by atoms with Crippen LogP contribution >= 0.6 is 0 Å². The first-order chi connectivity index (χ1) is 6.61. The SMILES string of the molecule is CC(=O)[C@@H](Nc1ccncn1)C(C)C. The molecule has 0 aromatic carbocycles. The molecule has 0 bridgehead atoms. The zero-order valence-electron chi connectivity index (χ0n) is 8.69. The zero-order valence-corrected chi connectivity index (χ0v) is 8.69. The second-order valence-electron chi connectivity index (χ2n) is 3.57. The van der Waals surface area contributed by atoms with Gasteiger partial charge in [-0.05, 0) is 18.9 Å². The van der Waals surface area contributed by atoms with Gasteiger partial charge in [0.15, 0.2) is 5.78 Å². The molecule has 76 valence electrons. The molecule has 0 aliphatic carbocycles. The van der Waals surface area contributed by atoms with Gasteiger partial charge in [-0.15, -0.1) is 0 Å². The normalized spacial score (nSPS) is 12.6. The fourth-order valence-corrected chi connectivity index (χ4v) is 1.27. The number of anilines is 1. The number of rotatable bonds is 4. The molecule has 0 saturated heterocycles. The lowest BCUT2D eigenvalue weighted by Gasteiger charge is -2.19. The second kappa shape index (κ2) is 4.69. The number of hydrogen-bond acceptors (Lipinski definition) is 4. The molecule has 0 aliphatic heterocycles. The highest BCUT2D eigenvalue weighted by Crippen LogP contribution is 2.09. The van der Waals surface area contributed by atoms with Crippen molar-refractivity contribution >= 4 is 11.6 Å². The maximum atomic E-state index is 11.3. The summed E-state index contributed by atoms with van der Waals surface area (Å²) in [7, 11) is 0. The van der Waals surface area contributed by atoms with Crippen LogP contribution in [0.5, 0.6) is 0 Å². The minimum atomic E-state index is -0.176. The summed E-state index contributed by atoms with van der Waals surface area (Å²) in [6, 6.07) is 1.57. The van der Waals surface area contributed by atoms with Crippen molar-refractivity contribution in [2.24, 2.45) is 5.92 Å². The van der Waals surface area contributed by atoms with Gasteiger partial charge < -0.3 is 5.32 Å². The van der Waals surface area contributed by atoms with E-state index in [0.29, 0.717) is 5.82 Å². The van der Waals surface area contributed by atoms with Crippen molar-refractivity contribution in [2.45, 2.75) is 26.8 Å². The number of Topliss-reactive ketones (excluding diaryl/α,β-unsaturated/α-hetero) is 1. The molecular weight excluding hydrogens is 178 g/mol. The summed E-state index contributed by atoms with van der Waals surface area (Å²) < 4.78 is 0. The molecule has 0 radical (unpaired) electrons. The predicted octanol–water partition coefficient (Wildman–Crippen LogP) is 1.50. The molecule has 1 rings (SSSR count). The van der Waals surface area contributed by atoms with E-state index in [1.807, 2.05) is 13.8 Å². The van der Waals surface area contributed by atoms with Crippen LogP contribution in [0.1, 0.15) is 20.8 Å². The Labute approximate surface area is 83.8 Å². The van der Waals surface area contributed by atoms with Gasteiger partial charge in [0.1, 0.15) is 12.1 Å². The van der Waals surface area contributed by atoms with Gasteiger partial charge in [0.2, 0.25) is 0 Å². The fourth-order valence-electron chi connectivity index (χ4n) is 1.27. The first-order valence-electron chi connectivity index (χ1n) is 4.64. The molecule has 1 aromatic rings. The first-order valence-corrected chi connectivity index (χ1v) is 4.64. The third kappa shape index (κ3) is 2.80. The van der Waals surface area contributed by atoms with Crippen molar-refractivity contribution in [3.63, 3.8) is 0 Å². The van der Waals surface area contributed by atoms with Crippen molar-refractivity contribution < 1.29 is 4.79 Å². The molecule has 4 heteroatoms. The van der Waals surface area contributed by atoms with Crippen molar-refractivity contribution in [1.82, 2.24) is 9.97 Å². The molecule has 0 fully saturated rings. The van der Waals surface area contributed by atoms with Crippen molar-refractivity contribution in [2.75, 3.05) is 5.32 Å². The predicted molar refractivity (Wildman–Crippen MR) is 55.0 cm³/mol. The van der Waals surface area contributed by atoms with E-state index in [1.165, 1.54) is 6.33 Å². The van der Waals surface area contributed by atoms with Gasteiger partial charge >= 0.3 is 0 Å². The highest BCUT2D eigenvalue weighted by molar-refractivity contribution is 5.84. The third-order valence-corrected chi connectivity index (χ3v) is 1.99. The lowest BCUT2D eigenvalue weighted by atomic mass is 10.0. The third-order valence-electron chi connectivity index (χ3n) is 1.99. The summed E-state index contributed by atoms with van der Waals surface area (Å²) in [4.78, 5) is 19.1. The number of ketones is 1. The number of nitrogens with one attached hydrogen (secondary N) is 1. The van der Waals surface area contributed by atoms with E-state index in [-0.39, 0.29) is 17.7 Å². The number of nitrogens with zero attached hydrogens (tertiary/aromatic N) is 2. The largest absolute Gasteiger partial charge is 0.360 e. The summed E-state index contributed by atoms with van der Waals surface area (Å²) in [6.45, 7) is 5.58. The molecule has 1 atom stereocenters. The Morgan fingerprint density at radius 3 is 2.64 bits per heavy atom. The van der Waals surface area contributed by atoms with Crippen LogP contribution in [0.3, 0.4) is 0 Å². The van der Waals surface area contributed by atoms with E-state index in [4.69, 9.17) is 0 Å². The Morgan fingerprint density at radius 1 is 1.50 bits per heavy atom. The molecule has 0 saturated carbocycles. The topological polar surface area (TPSA) is 54.9 Å². The number of hydrogen-bond donors (Lipinski definition) is 1. The van der Waals surface area contributed by atoms with Crippen molar-refractivity contribution in [3.05, 3.63) is 18.6 Å². The average molecular weight is 193 g/mol. The van der Waals surface area contributed by atoms with Crippen LogP contribution in [0, 0.1) is 5.92 Å². The van der Waals surface area contributed by atoms with Crippen LogP contribution in [0.15, 0.2) is 18.6 Å². The van der Waals surface area contributed by atoms with E-state index in [0.717, 1.165) is 0 Å². The second-order valence-corrected chi connectivity index (χ2v) is 3.57.